The van der Waals surface area contributed by atoms with Crippen LogP contribution in [0.3, 0.4) is 0 Å². The molecule has 8 aromatic rings. The molecule has 0 atom stereocenters. The molecule has 0 bridgehead atoms. The predicted molar refractivity (Wildman–Crippen MR) is 277 cm³/mol. The third kappa shape index (κ3) is 5.54. The standard InChI is InChI=1S/C61H40N8O4/c1-33-9-5-13-37(25-33)70-41-17-21-45-49(29-41)57-64-58-50-30-42(71-38-14-6-10-34(2)26-38)18-22-46(50)55-63-56-48-24-20-44(73-40-16-8-12-36(4)28-40)32-52(48)60-65-59-51-31-43(72-39-15-7-11-35(3)27-39)19-23-47(51)54-62-53(45)66(57)61(67(55)58,68(54)59)69(56)60/h5-32H,1-4H3/q+4. The van der Waals surface area contributed by atoms with Gasteiger partial charge in [-0.05, 0) is 171 Å². The summed E-state index contributed by atoms with van der Waals surface area (Å²) in [5.41, 5.74) is 11.7. The van der Waals surface area contributed by atoms with Crippen molar-refractivity contribution in [2.24, 2.45) is 20.0 Å². The smallest absolute Gasteiger partial charge is 0.457 e. The number of nitrogens with zero attached hydrogens (tertiary/aromatic N) is 8. The van der Waals surface area contributed by atoms with Gasteiger partial charge in [0.1, 0.15) is 46.0 Å². The lowest BCUT2D eigenvalue weighted by Crippen LogP contribution is -2.76. The molecule has 344 valence electrons. The average molecular weight is 949 g/mol. The summed E-state index contributed by atoms with van der Waals surface area (Å²) in [5.74, 6) is 10.3. The van der Waals surface area contributed by atoms with Gasteiger partial charge in [0.15, 0.2) is 0 Å². The van der Waals surface area contributed by atoms with Gasteiger partial charge in [-0.25, -0.2) is 0 Å². The number of aliphatic imine (C=N–C) groups is 4. The summed E-state index contributed by atoms with van der Waals surface area (Å²) in [6.45, 7) is 8.26. The van der Waals surface area contributed by atoms with Crippen molar-refractivity contribution in [1.82, 2.24) is 0 Å². The summed E-state index contributed by atoms with van der Waals surface area (Å²) in [5, 5.41) is 0. The van der Waals surface area contributed by atoms with E-state index in [1.165, 1.54) is 0 Å². The molecule has 0 aromatic heterocycles. The summed E-state index contributed by atoms with van der Waals surface area (Å²) in [6.07, 6.45) is 0. The van der Waals surface area contributed by atoms with Crippen LogP contribution in [-0.2, 0) is 0 Å². The minimum atomic E-state index is -1.27. The van der Waals surface area contributed by atoms with Crippen LogP contribution in [0.5, 0.6) is 46.0 Å². The van der Waals surface area contributed by atoms with Crippen LogP contribution >= 0.6 is 0 Å². The van der Waals surface area contributed by atoms with Crippen LogP contribution in [-0.4, -0.2) is 70.9 Å². The Hall–Kier alpha value is -9.68. The molecule has 8 heterocycles. The molecule has 12 heteroatoms. The number of amidine groups is 8. The first kappa shape index (κ1) is 40.1. The zero-order valence-corrected chi connectivity index (χ0v) is 39.9. The normalized spacial score (nSPS) is 16.7. The number of benzene rings is 8. The molecule has 1 spiro atoms. The highest BCUT2D eigenvalue weighted by molar-refractivity contribution is 6.30. The average Bonchev–Trinajstić information content (AvgIpc) is 4.08. The van der Waals surface area contributed by atoms with Crippen molar-refractivity contribution in [3.63, 3.8) is 0 Å². The number of hydrogen-bond donors (Lipinski definition) is 0. The Morgan fingerprint density at radius 1 is 0.274 bits per heavy atom. The predicted octanol–water partition coefficient (Wildman–Crippen LogP) is 10.9. The summed E-state index contributed by atoms with van der Waals surface area (Å²) in [7, 11) is 0. The van der Waals surface area contributed by atoms with Gasteiger partial charge in [-0.1, -0.05) is 68.5 Å². The first-order valence-corrected chi connectivity index (χ1v) is 24.3. The van der Waals surface area contributed by atoms with Crippen LogP contribution < -0.4 is 18.9 Å². The minimum absolute atomic E-state index is 0.684. The molecule has 0 fully saturated rings. The summed E-state index contributed by atoms with van der Waals surface area (Å²) in [6, 6.07) is 57.3. The maximum atomic E-state index is 6.61. The molecule has 0 amide bonds. The van der Waals surface area contributed by atoms with Gasteiger partial charge in [0.25, 0.3) is 46.7 Å². The van der Waals surface area contributed by atoms with Gasteiger partial charge < -0.3 is 18.9 Å². The molecule has 8 aromatic carbocycles. The minimum Gasteiger partial charge on any atom is -0.457 e. The topological polar surface area (TPSA) is 98.4 Å². The van der Waals surface area contributed by atoms with Crippen LogP contribution in [0.15, 0.2) is 190 Å². The van der Waals surface area contributed by atoms with E-state index in [-0.39, 0.29) is 0 Å². The quantitative estimate of drug-likeness (QED) is 0.142. The Morgan fingerprint density at radius 3 is 0.849 bits per heavy atom. The number of fused-ring (bicyclic) bond motifs is 12. The first-order chi connectivity index (χ1) is 35.7. The molecule has 12 nitrogen and oxygen atoms in total. The van der Waals surface area contributed by atoms with Crippen molar-refractivity contribution in [3.05, 3.63) is 237 Å². The third-order valence-corrected chi connectivity index (χ3v) is 14.5. The van der Waals surface area contributed by atoms with E-state index in [0.717, 1.165) is 113 Å². The van der Waals surface area contributed by atoms with Crippen LogP contribution in [0, 0.1) is 27.7 Å². The van der Waals surface area contributed by atoms with Gasteiger partial charge >= 0.3 is 5.91 Å². The zero-order valence-electron chi connectivity index (χ0n) is 39.9. The molecule has 0 aliphatic carbocycles. The van der Waals surface area contributed by atoms with E-state index in [9.17, 15) is 0 Å². The molecule has 0 saturated heterocycles. The Bertz CT molecular complexity index is 3990. The summed E-state index contributed by atoms with van der Waals surface area (Å²) >= 11 is 0. The Morgan fingerprint density at radius 2 is 0.534 bits per heavy atom. The molecular formula is C61H40N8O4+4. The van der Waals surface area contributed by atoms with Crippen molar-refractivity contribution >= 4 is 46.7 Å². The van der Waals surface area contributed by atoms with Gasteiger partial charge in [0.2, 0.25) is 0 Å². The molecule has 8 aliphatic heterocycles. The van der Waals surface area contributed by atoms with Gasteiger partial charge in [0, 0.05) is 0 Å². The molecule has 16 rings (SSSR count). The largest absolute Gasteiger partial charge is 0.491 e. The van der Waals surface area contributed by atoms with Crippen molar-refractivity contribution in [3.8, 4) is 46.0 Å². The molecule has 0 saturated carbocycles. The number of rotatable bonds is 8. The van der Waals surface area contributed by atoms with E-state index in [1.54, 1.807) is 0 Å². The fourth-order valence-electron chi connectivity index (χ4n) is 11.5. The van der Waals surface area contributed by atoms with E-state index in [1.807, 2.05) is 97.1 Å². The maximum absolute atomic E-state index is 6.61. The Kier molecular flexibility index (Phi) is 7.82. The fourth-order valence-corrected chi connectivity index (χ4v) is 11.5. The highest BCUT2D eigenvalue weighted by Crippen LogP contribution is 2.49. The highest BCUT2D eigenvalue weighted by Gasteiger charge is 2.78. The second-order valence-electron chi connectivity index (χ2n) is 19.5. The van der Waals surface area contributed by atoms with Crippen LogP contribution in [0.4, 0.5) is 0 Å². The molecule has 0 unspecified atom stereocenters. The SMILES string of the molecule is Cc1cccc(Oc2ccc3c(c2)C2=NC4=[N+]5C(=NC6=[N+]7C(=NC8=[N+]9C(=NC3=[N+]2C795)c2ccc(Oc3cccc(C)c3)cc28)c2cc(Oc3cccc(C)c3)ccc26)c2ccc(Oc3cccc(C)c3)cc24)c1. The van der Waals surface area contributed by atoms with Crippen LogP contribution in [0.2, 0.25) is 0 Å². The molecule has 0 N–H and O–H groups in total. The zero-order chi connectivity index (χ0) is 48.4. The van der Waals surface area contributed by atoms with Gasteiger partial charge in [-0.15, -0.1) is 18.3 Å². The highest BCUT2D eigenvalue weighted by atomic mass is 16.5. The number of ether oxygens (including phenoxy) is 4. The lowest BCUT2D eigenvalue weighted by molar-refractivity contribution is -1.06. The van der Waals surface area contributed by atoms with Crippen LogP contribution in [0.25, 0.3) is 0 Å². The molecule has 73 heavy (non-hydrogen) atoms. The number of aryl methyl sites for hydroxylation is 4. The lowest BCUT2D eigenvalue weighted by Gasteiger charge is -2.38. The van der Waals surface area contributed by atoms with Crippen molar-refractivity contribution < 1.29 is 37.2 Å². The fraction of sp³-hybridized carbons (Fsp3) is 0.0820. The van der Waals surface area contributed by atoms with Gasteiger partial charge in [-0.2, -0.15) is 0 Å². The lowest BCUT2D eigenvalue weighted by atomic mass is 10.1. The first-order valence-electron chi connectivity index (χ1n) is 24.3. The van der Waals surface area contributed by atoms with Crippen molar-refractivity contribution in [2.45, 2.75) is 33.6 Å². The number of hydrogen-bond acceptors (Lipinski definition) is 8. The van der Waals surface area contributed by atoms with Crippen molar-refractivity contribution in [1.29, 1.82) is 0 Å². The Labute approximate surface area is 418 Å². The van der Waals surface area contributed by atoms with E-state index in [4.69, 9.17) is 38.9 Å². The van der Waals surface area contributed by atoms with Crippen LogP contribution in [0.1, 0.15) is 66.8 Å². The Balaban J connectivity index is 0.969. The van der Waals surface area contributed by atoms with Gasteiger partial charge in [-0.3, -0.25) is 0 Å². The van der Waals surface area contributed by atoms with Gasteiger partial charge in [0.05, 0.1) is 44.5 Å². The third-order valence-electron chi connectivity index (χ3n) is 14.5. The monoisotopic (exact) mass is 948 g/mol. The van der Waals surface area contributed by atoms with E-state index >= 15 is 0 Å². The molecule has 0 radical (unpaired) electrons. The van der Waals surface area contributed by atoms with Crippen molar-refractivity contribution in [2.75, 3.05) is 0 Å². The van der Waals surface area contributed by atoms with E-state index in [0.29, 0.717) is 46.3 Å². The molecule has 8 aliphatic rings. The second kappa shape index (κ2) is 14.2. The summed E-state index contributed by atoms with van der Waals surface area (Å²) in [4.78, 5) is 22.8. The van der Waals surface area contributed by atoms with E-state index < -0.39 is 5.91 Å². The second-order valence-corrected chi connectivity index (χ2v) is 19.5. The maximum Gasteiger partial charge on any atom is 0.491 e. The molecular weight excluding hydrogens is 909 g/mol. The summed E-state index contributed by atoms with van der Waals surface area (Å²) < 4.78 is 35.6. The van der Waals surface area contributed by atoms with E-state index in [2.05, 4.69) is 119 Å².